The molecule has 11 heteroatoms. The zero-order chi connectivity index (χ0) is 26.0. The minimum absolute atomic E-state index is 0.00207. The molecule has 2 aromatic heterocycles. The second-order valence-electron chi connectivity index (χ2n) is 8.81. The highest BCUT2D eigenvalue weighted by Crippen LogP contribution is 2.34. The molecule has 0 saturated carbocycles. The van der Waals surface area contributed by atoms with Gasteiger partial charge in [-0.1, -0.05) is 6.07 Å². The highest BCUT2D eigenvalue weighted by Gasteiger charge is 2.38. The molecule has 0 aliphatic carbocycles. The van der Waals surface area contributed by atoms with Gasteiger partial charge in [0.15, 0.2) is 11.7 Å². The Morgan fingerprint density at radius 1 is 1.19 bits per heavy atom. The number of aryl methyl sites for hydroxylation is 3. The minimum atomic E-state index is -1.16. The summed E-state index contributed by atoms with van der Waals surface area (Å²) in [5.41, 5.74) is 13.6. The summed E-state index contributed by atoms with van der Waals surface area (Å²) < 4.78 is 15.5. The topological polar surface area (TPSA) is 154 Å². The zero-order valence-electron chi connectivity index (χ0n) is 20.4. The molecule has 1 saturated heterocycles. The van der Waals surface area contributed by atoms with Gasteiger partial charge in [-0.2, -0.15) is 4.37 Å². The lowest BCUT2D eigenvalue weighted by atomic mass is 10.1. The van der Waals surface area contributed by atoms with E-state index in [1.54, 1.807) is 25.1 Å². The second kappa shape index (κ2) is 10.5. The molecule has 0 bridgehead atoms. The van der Waals surface area contributed by atoms with Crippen molar-refractivity contribution in [1.29, 1.82) is 0 Å². The van der Waals surface area contributed by atoms with Crippen molar-refractivity contribution in [2.24, 2.45) is 5.73 Å². The van der Waals surface area contributed by atoms with Crippen molar-refractivity contribution < 1.29 is 23.5 Å². The highest BCUT2D eigenvalue weighted by atomic mass is 32.1. The number of nitrogens with one attached hydrogen (secondary N) is 1. The molecular formula is C25H29N5O5S. The van der Waals surface area contributed by atoms with Gasteiger partial charge in [-0.3, -0.25) is 19.3 Å². The van der Waals surface area contributed by atoms with Gasteiger partial charge < -0.3 is 25.9 Å². The van der Waals surface area contributed by atoms with Crippen molar-refractivity contribution in [3.05, 3.63) is 63.6 Å². The number of furan rings is 1. The maximum atomic E-state index is 14.0. The quantitative estimate of drug-likeness (QED) is 0.420. The van der Waals surface area contributed by atoms with Crippen molar-refractivity contribution in [2.75, 3.05) is 23.8 Å². The first-order valence-electron chi connectivity index (χ1n) is 11.6. The van der Waals surface area contributed by atoms with Gasteiger partial charge in [0.2, 0.25) is 0 Å². The normalized spacial score (nSPS) is 16.0. The Hall–Kier alpha value is -3.70. The number of primary amides is 1. The number of aromatic nitrogens is 1. The molecule has 5 N–H and O–H groups in total. The van der Waals surface area contributed by atoms with Crippen molar-refractivity contribution in [3.63, 3.8) is 0 Å². The van der Waals surface area contributed by atoms with Crippen LogP contribution in [0.4, 0.5) is 11.4 Å². The lowest BCUT2D eigenvalue weighted by molar-refractivity contribution is -0.123. The number of nitrogens with two attached hydrogens (primary N) is 2. The molecule has 1 aliphatic rings. The van der Waals surface area contributed by atoms with E-state index in [1.807, 2.05) is 26.0 Å². The molecule has 0 radical (unpaired) electrons. The SMILES string of the molecule is Cc1ccc([C@@H](C(=O)NC[C@H]2CCCO2)N(C(=O)c2snc(C(N)=O)c2N)c2ccc(C)c(C)c2)o1. The second-order valence-corrected chi connectivity index (χ2v) is 9.59. The Morgan fingerprint density at radius 2 is 1.97 bits per heavy atom. The predicted molar refractivity (Wildman–Crippen MR) is 136 cm³/mol. The van der Waals surface area contributed by atoms with E-state index in [9.17, 15) is 14.4 Å². The van der Waals surface area contributed by atoms with Crippen LogP contribution in [-0.2, 0) is 9.53 Å². The van der Waals surface area contributed by atoms with E-state index in [2.05, 4.69) is 9.69 Å². The van der Waals surface area contributed by atoms with Crippen LogP contribution in [0.3, 0.4) is 0 Å². The number of benzene rings is 1. The smallest absolute Gasteiger partial charge is 0.273 e. The molecule has 3 heterocycles. The highest BCUT2D eigenvalue weighted by molar-refractivity contribution is 7.09. The van der Waals surface area contributed by atoms with Crippen LogP contribution in [-0.4, -0.2) is 41.4 Å². The summed E-state index contributed by atoms with van der Waals surface area (Å²) in [4.78, 5) is 40.7. The number of amides is 3. The minimum Gasteiger partial charge on any atom is -0.464 e. The molecule has 1 fully saturated rings. The van der Waals surface area contributed by atoms with Crippen LogP contribution in [0.1, 0.15) is 61.7 Å². The van der Waals surface area contributed by atoms with Crippen LogP contribution >= 0.6 is 11.5 Å². The summed E-state index contributed by atoms with van der Waals surface area (Å²) in [5.74, 6) is -1.02. The molecule has 10 nitrogen and oxygen atoms in total. The van der Waals surface area contributed by atoms with E-state index in [0.717, 1.165) is 35.5 Å². The fraction of sp³-hybridized carbons (Fsp3) is 0.360. The van der Waals surface area contributed by atoms with E-state index in [-0.39, 0.29) is 28.1 Å². The van der Waals surface area contributed by atoms with Gasteiger partial charge >= 0.3 is 0 Å². The zero-order valence-corrected chi connectivity index (χ0v) is 21.2. The summed E-state index contributed by atoms with van der Waals surface area (Å²) in [7, 11) is 0. The molecule has 36 heavy (non-hydrogen) atoms. The van der Waals surface area contributed by atoms with Crippen molar-refractivity contribution >= 4 is 40.6 Å². The van der Waals surface area contributed by atoms with Gasteiger partial charge in [-0.05, 0) is 80.5 Å². The van der Waals surface area contributed by atoms with Crippen molar-refractivity contribution in [2.45, 2.75) is 45.8 Å². The lowest BCUT2D eigenvalue weighted by Gasteiger charge is -2.30. The molecule has 1 aromatic carbocycles. The lowest BCUT2D eigenvalue weighted by Crippen LogP contribution is -2.45. The monoisotopic (exact) mass is 511 g/mol. The molecule has 3 amide bonds. The van der Waals surface area contributed by atoms with Gasteiger partial charge in [-0.15, -0.1) is 0 Å². The van der Waals surface area contributed by atoms with Crippen LogP contribution in [0.2, 0.25) is 0 Å². The average molecular weight is 512 g/mol. The van der Waals surface area contributed by atoms with E-state index >= 15 is 0 Å². The average Bonchev–Trinajstić information content (AvgIpc) is 3.59. The van der Waals surface area contributed by atoms with Gasteiger partial charge in [0, 0.05) is 18.8 Å². The third-order valence-electron chi connectivity index (χ3n) is 6.21. The van der Waals surface area contributed by atoms with E-state index in [4.69, 9.17) is 20.6 Å². The molecular weight excluding hydrogens is 482 g/mol. The molecule has 2 atom stereocenters. The first-order valence-corrected chi connectivity index (χ1v) is 12.4. The third kappa shape index (κ3) is 5.12. The maximum absolute atomic E-state index is 14.0. The van der Waals surface area contributed by atoms with E-state index in [1.165, 1.54) is 4.90 Å². The van der Waals surface area contributed by atoms with Crippen LogP contribution in [0, 0.1) is 20.8 Å². The number of nitrogen functional groups attached to an aromatic ring is 1. The molecule has 1 aliphatic heterocycles. The predicted octanol–water partition coefficient (Wildman–Crippen LogP) is 3.03. The fourth-order valence-electron chi connectivity index (χ4n) is 4.09. The van der Waals surface area contributed by atoms with Crippen molar-refractivity contribution in [3.8, 4) is 0 Å². The number of nitrogens with zero attached hydrogens (tertiary/aromatic N) is 2. The summed E-state index contributed by atoms with van der Waals surface area (Å²) in [6, 6.07) is 7.67. The number of anilines is 2. The first kappa shape index (κ1) is 25.4. The Bertz CT molecular complexity index is 1290. The number of ether oxygens (including phenoxy) is 1. The Balaban J connectivity index is 1.81. The molecule has 3 aromatic rings. The number of hydrogen-bond donors (Lipinski definition) is 3. The number of rotatable bonds is 8. The fourth-order valence-corrected chi connectivity index (χ4v) is 4.83. The van der Waals surface area contributed by atoms with Crippen LogP contribution in [0.5, 0.6) is 0 Å². The molecule has 190 valence electrons. The standard InChI is InChI=1S/C25H29N5O5S/c1-13-6-8-16(11-14(13)2)30(25(33)22-19(26)20(23(27)31)29-36-22)21(18-9-7-15(3)35-18)24(32)28-12-17-5-4-10-34-17/h6-9,11,17,21H,4-5,10,12,26H2,1-3H3,(H2,27,31)(H,28,32)/t17-,21+/m1/s1. The van der Waals surface area contributed by atoms with Gasteiger partial charge in [0.05, 0.1) is 11.8 Å². The summed E-state index contributed by atoms with van der Waals surface area (Å²) in [6.45, 7) is 6.58. The first-order chi connectivity index (χ1) is 17.2. The summed E-state index contributed by atoms with van der Waals surface area (Å²) in [6.07, 6.45) is 1.69. The van der Waals surface area contributed by atoms with Gasteiger partial charge in [0.25, 0.3) is 17.7 Å². The third-order valence-corrected chi connectivity index (χ3v) is 7.06. The van der Waals surface area contributed by atoms with Crippen molar-refractivity contribution in [1.82, 2.24) is 9.69 Å². The molecule has 0 spiro atoms. The van der Waals surface area contributed by atoms with E-state index in [0.29, 0.717) is 24.6 Å². The number of carbonyl (C=O) groups excluding carboxylic acids is 3. The largest absolute Gasteiger partial charge is 0.464 e. The van der Waals surface area contributed by atoms with Gasteiger partial charge in [-0.25, -0.2) is 0 Å². The van der Waals surface area contributed by atoms with Gasteiger partial charge in [0.1, 0.15) is 16.4 Å². The van der Waals surface area contributed by atoms with E-state index < -0.39 is 23.8 Å². The number of carbonyl (C=O) groups is 3. The summed E-state index contributed by atoms with van der Waals surface area (Å²) >= 11 is 0.757. The molecule has 4 rings (SSSR count). The van der Waals surface area contributed by atoms with Crippen LogP contribution in [0.15, 0.2) is 34.7 Å². The Morgan fingerprint density at radius 3 is 2.56 bits per heavy atom. The van der Waals surface area contributed by atoms with Crippen LogP contribution < -0.4 is 21.7 Å². The maximum Gasteiger partial charge on any atom is 0.273 e. The Labute approximate surface area is 212 Å². The Kier molecular flexibility index (Phi) is 7.41. The molecule has 0 unspecified atom stereocenters. The number of hydrogen-bond acceptors (Lipinski definition) is 8. The summed E-state index contributed by atoms with van der Waals surface area (Å²) in [5, 5.41) is 2.92. The van der Waals surface area contributed by atoms with Crippen LogP contribution in [0.25, 0.3) is 0 Å².